The Morgan fingerprint density at radius 3 is 2.83 bits per heavy atom. The van der Waals surface area contributed by atoms with Crippen molar-refractivity contribution >= 4 is 17.6 Å². The molecule has 0 fully saturated rings. The minimum absolute atomic E-state index is 0.0596. The van der Waals surface area contributed by atoms with Crippen molar-refractivity contribution in [1.29, 1.82) is 5.26 Å². The van der Waals surface area contributed by atoms with E-state index < -0.39 is 18.0 Å². The van der Waals surface area contributed by atoms with E-state index in [2.05, 4.69) is 9.72 Å². The first-order chi connectivity index (χ1) is 8.51. The lowest BCUT2D eigenvalue weighted by Gasteiger charge is -2.09. The molecule has 0 amide bonds. The number of carbonyl (C=O) groups excluding carboxylic acids is 1. The summed E-state index contributed by atoms with van der Waals surface area (Å²) in [4.78, 5) is 15.0. The molecule has 1 aromatic rings. The Morgan fingerprint density at radius 1 is 1.67 bits per heavy atom. The van der Waals surface area contributed by atoms with Gasteiger partial charge < -0.3 is 4.74 Å². The van der Waals surface area contributed by atoms with Crippen molar-refractivity contribution in [3.05, 3.63) is 28.0 Å². The van der Waals surface area contributed by atoms with Crippen LogP contribution >= 0.6 is 11.6 Å². The van der Waals surface area contributed by atoms with Crippen LogP contribution < -0.4 is 0 Å². The van der Waals surface area contributed by atoms with Gasteiger partial charge in [0.15, 0.2) is 0 Å². The molecule has 0 aliphatic carbocycles. The third-order valence-corrected chi connectivity index (χ3v) is 2.40. The van der Waals surface area contributed by atoms with Crippen molar-refractivity contribution in [2.24, 2.45) is 0 Å². The van der Waals surface area contributed by atoms with Crippen LogP contribution in [0.2, 0.25) is 5.02 Å². The van der Waals surface area contributed by atoms with E-state index in [0.29, 0.717) is 0 Å². The highest BCUT2D eigenvalue weighted by Gasteiger charge is 2.22. The first-order valence-corrected chi connectivity index (χ1v) is 5.40. The van der Waals surface area contributed by atoms with Crippen molar-refractivity contribution in [3.63, 3.8) is 0 Å². The SMILES string of the molecule is CCOC(=O)Cc1ncc(Cl)c(C(F)F)c1C#N. The molecule has 0 radical (unpaired) electrons. The number of aromatic nitrogens is 1. The van der Waals surface area contributed by atoms with Gasteiger partial charge in [0.1, 0.15) is 6.07 Å². The van der Waals surface area contributed by atoms with Crippen LogP contribution in [0, 0.1) is 11.3 Å². The number of hydrogen-bond acceptors (Lipinski definition) is 4. The normalized spacial score (nSPS) is 10.2. The number of esters is 1. The lowest BCUT2D eigenvalue weighted by Crippen LogP contribution is -2.11. The average Bonchev–Trinajstić information content (AvgIpc) is 2.30. The van der Waals surface area contributed by atoms with Crippen LogP contribution in [-0.2, 0) is 16.0 Å². The van der Waals surface area contributed by atoms with Crippen molar-refractivity contribution in [2.45, 2.75) is 19.8 Å². The van der Waals surface area contributed by atoms with Gasteiger partial charge in [-0.15, -0.1) is 0 Å². The highest BCUT2D eigenvalue weighted by atomic mass is 35.5. The van der Waals surface area contributed by atoms with Gasteiger partial charge in [-0.05, 0) is 6.92 Å². The summed E-state index contributed by atoms with van der Waals surface area (Å²) in [7, 11) is 0. The Hall–Kier alpha value is -1.74. The molecule has 96 valence electrons. The third kappa shape index (κ3) is 3.14. The largest absolute Gasteiger partial charge is 0.466 e. The molecule has 4 nitrogen and oxygen atoms in total. The first-order valence-electron chi connectivity index (χ1n) is 5.02. The summed E-state index contributed by atoms with van der Waals surface area (Å²) in [5.74, 6) is -0.635. The molecule has 1 heterocycles. The van der Waals surface area contributed by atoms with Crippen molar-refractivity contribution in [2.75, 3.05) is 6.61 Å². The summed E-state index contributed by atoms with van der Waals surface area (Å²) < 4.78 is 30.2. The van der Waals surface area contributed by atoms with Crippen LogP contribution in [0.5, 0.6) is 0 Å². The fraction of sp³-hybridized carbons (Fsp3) is 0.364. The number of rotatable bonds is 4. The molecule has 18 heavy (non-hydrogen) atoms. The minimum atomic E-state index is -2.91. The van der Waals surface area contributed by atoms with Crippen molar-refractivity contribution < 1.29 is 18.3 Å². The standard InChI is InChI=1S/C11H9ClF2N2O2/c1-2-18-9(17)3-8-6(4-15)10(11(13)14)7(12)5-16-8/h5,11H,2-3H2,1H3. The van der Waals surface area contributed by atoms with E-state index >= 15 is 0 Å². The van der Waals surface area contributed by atoms with Gasteiger partial charge in [-0.1, -0.05) is 11.6 Å². The van der Waals surface area contributed by atoms with Gasteiger partial charge in [-0.2, -0.15) is 5.26 Å². The zero-order chi connectivity index (χ0) is 13.7. The van der Waals surface area contributed by atoms with Crippen LogP contribution in [0.3, 0.4) is 0 Å². The number of pyridine rings is 1. The van der Waals surface area contributed by atoms with Gasteiger partial charge in [-0.25, -0.2) is 8.78 Å². The number of alkyl halides is 2. The molecule has 0 aliphatic rings. The summed E-state index contributed by atoms with van der Waals surface area (Å²) in [6, 6.07) is 1.60. The van der Waals surface area contributed by atoms with Gasteiger partial charge in [0.05, 0.1) is 34.9 Å². The minimum Gasteiger partial charge on any atom is -0.466 e. The Morgan fingerprint density at radius 2 is 2.33 bits per heavy atom. The zero-order valence-corrected chi connectivity index (χ0v) is 10.2. The monoisotopic (exact) mass is 274 g/mol. The second-order valence-electron chi connectivity index (χ2n) is 3.24. The lowest BCUT2D eigenvalue weighted by molar-refractivity contribution is -0.142. The maximum Gasteiger partial charge on any atom is 0.311 e. The van der Waals surface area contributed by atoms with Gasteiger partial charge in [0.25, 0.3) is 6.43 Å². The van der Waals surface area contributed by atoms with Gasteiger partial charge in [0, 0.05) is 6.20 Å². The molecule has 0 saturated carbocycles. The maximum absolute atomic E-state index is 12.8. The van der Waals surface area contributed by atoms with E-state index in [1.165, 1.54) is 0 Å². The number of nitrogens with zero attached hydrogens (tertiary/aromatic N) is 2. The summed E-state index contributed by atoms with van der Waals surface area (Å²) in [6.45, 7) is 1.78. The topological polar surface area (TPSA) is 63.0 Å². The highest BCUT2D eigenvalue weighted by Crippen LogP contribution is 2.31. The fourth-order valence-corrected chi connectivity index (χ4v) is 1.59. The van der Waals surface area contributed by atoms with Crippen LogP contribution in [0.25, 0.3) is 0 Å². The second-order valence-corrected chi connectivity index (χ2v) is 3.64. The molecule has 0 spiro atoms. The van der Waals surface area contributed by atoms with Crippen molar-refractivity contribution in [3.8, 4) is 6.07 Å². The summed E-state index contributed by atoms with van der Waals surface area (Å²) in [5, 5.41) is 8.58. The molecule has 0 unspecified atom stereocenters. The molecular weight excluding hydrogens is 266 g/mol. The highest BCUT2D eigenvalue weighted by molar-refractivity contribution is 6.31. The quantitative estimate of drug-likeness (QED) is 0.792. The second kappa shape index (κ2) is 6.26. The van der Waals surface area contributed by atoms with Crippen LogP contribution in [0.4, 0.5) is 8.78 Å². The van der Waals surface area contributed by atoms with Gasteiger partial charge in [0.2, 0.25) is 0 Å². The van der Waals surface area contributed by atoms with E-state index in [9.17, 15) is 13.6 Å². The molecular formula is C11H9ClF2N2O2. The predicted octanol–water partition coefficient (Wildman–Crippen LogP) is 2.65. The van der Waals surface area contributed by atoms with E-state index in [0.717, 1.165) is 6.20 Å². The number of carbonyl (C=O) groups is 1. The molecule has 0 aromatic carbocycles. The summed E-state index contributed by atoms with van der Waals surface area (Å²) in [6.07, 6.45) is -2.25. The van der Waals surface area contributed by atoms with Crippen molar-refractivity contribution in [1.82, 2.24) is 4.98 Å². The number of ether oxygens (including phenoxy) is 1. The molecule has 1 rings (SSSR count). The van der Waals surface area contributed by atoms with Crippen LogP contribution in [-0.4, -0.2) is 17.6 Å². The van der Waals surface area contributed by atoms with Gasteiger partial charge in [-0.3, -0.25) is 9.78 Å². The Bertz CT molecular complexity index is 501. The first kappa shape index (κ1) is 14.3. The number of hydrogen-bond donors (Lipinski definition) is 0. The van der Waals surface area contributed by atoms with Gasteiger partial charge >= 0.3 is 5.97 Å². The Labute approximate surface area is 107 Å². The summed E-state index contributed by atoms with van der Waals surface area (Å²) in [5.41, 5.74) is -1.03. The zero-order valence-electron chi connectivity index (χ0n) is 9.41. The molecule has 0 aliphatic heterocycles. The van der Waals surface area contributed by atoms with E-state index in [-0.39, 0.29) is 29.3 Å². The average molecular weight is 275 g/mol. The third-order valence-electron chi connectivity index (χ3n) is 2.10. The Balaban J connectivity index is 3.18. The molecule has 7 heteroatoms. The predicted molar refractivity (Wildman–Crippen MR) is 59.3 cm³/mol. The molecule has 0 bridgehead atoms. The summed E-state index contributed by atoms with van der Waals surface area (Å²) >= 11 is 5.56. The van der Waals surface area contributed by atoms with E-state index in [1.807, 2.05) is 0 Å². The van der Waals surface area contributed by atoms with Crippen LogP contribution in [0.1, 0.15) is 30.2 Å². The molecule has 0 saturated heterocycles. The lowest BCUT2D eigenvalue weighted by atomic mass is 10.1. The fourth-order valence-electron chi connectivity index (χ4n) is 1.36. The Kier molecular flexibility index (Phi) is 4.98. The number of halogens is 3. The van der Waals surface area contributed by atoms with Crippen LogP contribution in [0.15, 0.2) is 6.20 Å². The molecule has 1 aromatic heterocycles. The maximum atomic E-state index is 12.8. The van der Waals surface area contributed by atoms with E-state index in [1.54, 1.807) is 13.0 Å². The molecule has 0 N–H and O–H groups in total. The molecule has 0 atom stereocenters. The smallest absolute Gasteiger partial charge is 0.311 e. The van der Waals surface area contributed by atoms with E-state index in [4.69, 9.17) is 16.9 Å². The number of nitriles is 1.